The molecule has 0 fully saturated rings. The lowest BCUT2D eigenvalue weighted by Crippen LogP contribution is -2.36. The third-order valence-electron chi connectivity index (χ3n) is 4.52. The Morgan fingerprint density at radius 3 is 2.74 bits per heavy atom. The second-order valence-corrected chi connectivity index (χ2v) is 6.81. The van der Waals surface area contributed by atoms with E-state index in [1.807, 2.05) is 17.9 Å². The van der Waals surface area contributed by atoms with Gasteiger partial charge >= 0.3 is 0 Å². The topological polar surface area (TPSA) is 51.0 Å². The van der Waals surface area contributed by atoms with Crippen molar-refractivity contribution in [2.45, 2.75) is 52.1 Å². The Morgan fingerprint density at radius 1 is 1.22 bits per heavy atom. The largest absolute Gasteiger partial charge is 0.338 e. The zero-order valence-corrected chi connectivity index (χ0v) is 14.3. The third-order valence-corrected chi connectivity index (χ3v) is 4.52. The molecular weight excluding hydrogens is 288 g/mol. The summed E-state index contributed by atoms with van der Waals surface area (Å²) in [4.78, 5) is 18.0. The van der Waals surface area contributed by atoms with Crippen molar-refractivity contribution in [2.24, 2.45) is 0 Å². The summed E-state index contributed by atoms with van der Waals surface area (Å²) in [7, 11) is 1.84. The Kier molecular flexibility index (Phi) is 4.20. The van der Waals surface area contributed by atoms with E-state index in [-0.39, 0.29) is 11.8 Å². The van der Waals surface area contributed by atoms with Crippen LogP contribution in [0.1, 0.15) is 55.3 Å². The van der Waals surface area contributed by atoms with E-state index < -0.39 is 0 Å². The molecule has 1 aliphatic heterocycles. The van der Waals surface area contributed by atoms with E-state index in [4.69, 9.17) is 0 Å². The Bertz CT molecular complexity index is 720. The molecule has 2 aromatic rings. The highest BCUT2D eigenvalue weighted by atomic mass is 16.2. The van der Waals surface area contributed by atoms with Crippen LogP contribution >= 0.6 is 0 Å². The van der Waals surface area contributed by atoms with Gasteiger partial charge in [-0.1, -0.05) is 20.8 Å². The van der Waals surface area contributed by atoms with Crippen LogP contribution in [0.25, 0.3) is 0 Å². The van der Waals surface area contributed by atoms with Crippen LogP contribution in [0, 0.1) is 0 Å². The van der Waals surface area contributed by atoms with Crippen molar-refractivity contribution >= 4 is 5.91 Å². The molecule has 0 aromatic carbocycles. The molecule has 122 valence electrons. The first-order valence-electron chi connectivity index (χ1n) is 8.19. The molecule has 1 aliphatic rings. The van der Waals surface area contributed by atoms with Crippen LogP contribution in [-0.2, 0) is 24.3 Å². The van der Waals surface area contributed by atoms with Crippen LogP contribution in [-0.4, -0.2) is 32.6 Å². The van der Waals surface area contributed by atoms with Crippen molar-refractivity contribution < 1.29 is 4.79 Å². The number of hydrogen-bond acceptors (Lipinski definition) is 3. The number of amides is 1. The lowest BCUT2D eigenvalue weighted by atomic mass is 9.98. The second-order valence-electron chi connectivity index (χ2n) is 6.81. The number of fused-ring (bicyclic) bond motifs is 1. The quantitative estimate of drug-likeness (QED) is 0.872. The van der Waals surface area contributed by atoms with Gasteiger partial charge in [-0.15, -0.1) is 0 Å². The molecule has 23 heavy (non-hydrogen) atoms. The van der Waals surface area contributed by atoms with Gasteiger partial charge in [0.05, 0.1) is 17.9 Å². The minimum Gasteiger partial charge on any atom is -0.338 e. The molecule has 5 nitrogen and oxygen atoms in total. The van der Waals surface area contributed by atoms with Crippen molar-refractivity contribution in [1.82, 2.24) is 19.7 Å². The minimum absolute atomic E-state index is 0.117. The normalized spacial score (nSPS) is 15.9. The number of carbonyl (C=O) groups excluding carboxylic acids is 1. The minimum atomic E-state index is 0.117. The van der Waals surface area contributed by atoms with Crippen LogP contribution < -0.4 is 0 Å². The number of likely N-dealkylation sites (N-methyl/N-ethyl adjacent to an activating group) is 1. The molecule has 0 spiro atoms. The van der Waals surface area contributed by atoms with Crippen molar-refractivity contribution in [3.63, 3.8) is 0 Å². The summed E-state index contributed by atoms with van der Waals surface area (Å²) in [5.41, 5.74) is 4.57. The molecule has 2 aromatic heterocycles. The highest BCUT2D eigenvalue weighted by Gasteiger charge is 2.23. The zero-order valence-electron chi connectivity index (χ0n) is 14.3. The van der Waals surface area contributed by atoms with Gasteiger partial charge in [0, 0.05) is 24.9 Å². The maximum Gasteiger partial charge on any atom is 0.244 e. The number of nitrogens with zero attached hydrogens (tertiary/aromatic N) is 4. The van der Waals surface area contributed by atoms with Gasteiger partial charge in [-0.2, -0.15) is 5.10 Å². The summed E-state index contributed by atoms with van der Waals surface area (Å²) in [6.07, 6.45) is 2.75. The van der Waals surface area contributed by atoms with Crippen LogP contribution in [0.4, 0.5) is 0 Å². The molecule has 0 aliphatic carbocycles. The number of carbonyl (C=O) groups is 1. The van der Waals surface area contributed by atoms with Gasteiger partial charge in [-0.05, 0) is 36.1 Å². The monoisotopic (exact) mass is 312 g/mol. The summed E-state index contributed by atoms with van der Waals surface area (Å²) < 4.78 is 1.84. The summed E-state index contributed by atoms with van der Waals surface area (Å²) >= 11 is 0. The Hall–Kier alpha value is -2.17. The Labute approximate surface area is 137 Å². The predicted molar refractivity (Wildman–Crippen MR) is 89.1 cm³/mol. The first-order valence-corrected chi connectivity index (χ1v) is 8.19. The molecular formula is C18H24N4O. The summed E-state index contributed by atoms with van der Waals surface area (Å²) in [6.45, 7) is 7.54. The molecule has 3 rings (SSSR count). The molecule has 1 amide bonds. The van der Waals surface area contributed by atoms with Crippen molar-refractivity contribution in [2.75, 3.05) is 7.05 Å². The van der Waals surface area contributed by atoms with Gasteiger partial charge in [0.2, 0.25) is 5.91 Å². The van der Waals surface area contributed by atoms with Crippen LogP contribution in [0.3, 0.4) is 0 Å². The number of pyridine rings is 1. The van der Waals surface area contributed by atoms with E-state index in [1.54, 1.807) is 4.90 Å². The lowest BCUT2D eigenvalue weighted by Gasteiger charge is -2.23. The second kappa shape index (κ2) is 6.14. The van der Waals surface area contributed by atoms with Gasteiger partial charge in [0.25, 0.3) is 0 Å². The van der Waals surface area contributed by atoms with E-state index in [0.717, 1.165) is 23.5 Å². The summed E-state index contributed by atoms with van der Waals surface area (Å²) in [6, 6.07) is 6.39. The smallest absolute Gasteiger partial charge is 0.244 e. The SMILES string of the molecule is CC(C)c1ccnc(CC(C)c2cc3n(n2)CC(=O)N(C)C3)c1. The fourth-order valence-electron chi connectivity index (χ4n) is 2.95. The van der Waals surface area contributed by atoms with Crippen molar-refractivity contribution in [3.05, 3.63) is 47.0 Å². The maximum absolute atomic E-state index is 11.8. The molecule has 0 bridgehead atoms. The zero-order chi connectivity index (χ0) is 16.6. The van der Waals surface area contributed by atoms with Gasteiger partial charge in [0.1, 0.15) is 6.54 Å². The van der Waals surface area contributed by atoms with Gasteiger partial charge in [-0.25, -0.2) is 0 Å². The average molecular weight is 312 g/mol. The van der Waals surface area contributed by atoms with Crippen molar-refractivity contribution in [3.8, 4) is 0 Å². The predicted octanol–water partition coefficient (Wildman–Crippen LogP) is 2.72. The highest BCUT2D eigenvalue weighted by Crippen LogP contribution is 2.23. The molecule has 0 radical (unpaired) electrons. The van der Waals surface area contributed by atoms with Crippen LogP contribution in [0.15, 0.2) is 24.4 Å². The van der Waals surface area contributed by atoms with E-state index in [9.17, 15) is 4.79 Å². The van der Waals surface area contributed by atoms with Crippen LogP contribution in [0.5, 0.6) is 0 Å². The fourth-order valence-corrected chi connectivity index (χ4v) is 2.95. The molecule has 0 saturated carbocycles. The molecule has 1 unspecified atom stereocenters. The van der Waals surface area contributed by atoms with Crippen LogP contribution in [0.2, 0.25) is 0 Å². The van der Waals surface area contributed by atoms with Gasteiger partial charge < -0.3 is 4.90 Å². The number of hydrogen-bond donors (Lipinski definition) is 0. The third kappa shape index (κ3) is 3.28. The van der Waals surface area contributed by atoms with E-state index >= 15 is 0 Å². The molecule has 1 atom stereocenters. The average Bonchev–Trinajstić information content (AvgIpc) is 2.91. The fraction of sp³-hybridized carbons (Fsp3) is 0.500. The summed E-state index contributed by atoms with van der Waals surface area (Å²) in [5, 5.41) is 4.63. The Balaban J connectivity index is 1.77. The maximum atomic E-state index is 11.8. The van der Waals surface area contributed by atoms with Crippen molar-refractivity contribution in [1.29, 1.82) is 0 Å². The molecule has 3 heterocycles. The molecule has 5 heteroatoms. The molecule has 0 N–H and O–H groups in total. The highest BCUT2D eigenvalue weighted by molar-refractivity contribution is 5.76. The standard InChI is InChI=1S/C18H24N4O/c1-12(2)14-5-6-19-15(8-14)7-13(3)17-9-16-10-21(4)18(23)11-22(16)20-17/h5-6,8-9,12-13H,7,10-11H2,1-4H3. The number of aromatic nitrogens is 3. The van der Waals surface area contributed by atoms with Gasteiger partial charge in [-0.3, -0.25) is 14.5 Å². The molecule has 0 saturated heterocycles. The van der Waals surface area contributed by atoms with E-state index in [1.165, 1.54) is 5.56 Å². The van der Waals surface area contributed by atoms with E-state index in [0.29, 0.717) is 19.0 Å². The van der Waals surface area contributed by atoms with Gasteiger partial charge in [0.15, 0.2) is 0 Å². The van der Waals surface area contributed by atoms with E-state index in [2.05, 4.69) is 49.1 Å². The first-order chi connectivity index (χ1) is 10.9. The lowest BCUT2D eigenvalue weighted by molar-refractivity contribution is -0.132. The summed E-state index contributed by atoms with van der Waals surface area (Å²) in [5.74, 6) is 0.906. The Morgan fingerprint density at radius 2 is 2.00 bits per heavy atom. The number of rotatable bonds is 4. The first kappa shape index (κ1) is 15.7.